The molecule has 0 unspecified atom stereocenters. The fourth-order valence-corrected chi connectivity index (χ4v) is 11.3. The Balaban J connectivity index is 0.000000296. The van der Waals surface area contributed by atoms with E-state index in [0.717, 1.165) is 61.3 Å². The second-order valence-electron chi connectivity index (χ2n) is 20.7. The summed E-state index contributed by atoms with van der Waals surface area (Å²) in [5, 5.41) is 8.77. The van der Waals surface area contributed by atoms with Crippen LogP contribution in [0.3, 0.4) is 0 Å². The van der Waals surface area contributed by atoms with Crippen LogP contribution in [-0.2, 0) is 25.5 Å². The number of aromatic nitrogens is 4. The van der Waals surface area contributed by atoms with Gasteiger partial charge in [-0.25, -0.2) is 4.98 Å². The van der Waals surface area contributed by atoms with Crippen LogP contribution in [0.2, 0.25) is 19.6 Å². The first-order valence-corrected chi connectivity index (χ1v) is 27.4. The van der Waals surface area contributed by atoms with Crippen LogP contribution in [0.4, 0.5) is 0 Å². The SMILES string of the molecule is CC(C)(C)c1cc(-c2[c-]cccc2)ncn1.CC(C)c1cc(-c2ccccc2)cc(C(C)C)c1-n1c(-c2[c-]ccc3c2oc2cc4c(ccc5c([Si](C)(C)C)cccc54)cc23)nc2ccccc21.[Ir]. The van der Waals surface area contributed by atoms with Crippen molar-refractivity contribution in [3.8, 4) is 39.5 Å². The third-order valence-electron chi connectivity index (χ3n) is 13.2. The van der Waals surface area contributed by atoms with Crippen molar-refractivity contribution in [2.75, 3.05) is 0 Å². The molecular weight excluding hydrogens is 1040 g/mol. The molecule has 0 bridgehead atoms. The molecule has 7 heteroatoms. The van der Waals surface area contributed by atoms with Gasteiger partial charge in [0, 0.05) is 42.3 Å². The summed E-state index contributed by atoms with van der Waals surface area (Å²) in [5.74, 6) is 1.40. The maximum absolute atomic E-state index is 6.94. The van der Waals surface area contributed by atoms with Crippen LogP contribution in [0.1, 0.15) is 77.1 Å². The predicted octanol–water partition coefficient (Wildman–Crippen LogP) is 16.4. The van der Waals surface area contributed by atoms with Crippen molar-refractivity contribution in [2.45, 2.75) is 85.4 Å². The minimum Gasteiger partial charge on any atom is -0.501 e. The zero-order valence-electron chi connectivity index (χ0n) is 41.2. The van der Waals surface area contributed by atoms with Gasteiger partial charge in [-0.3, -0.25) is 9.97 Å². The average Bonchev–Trinajstić information content (AvgIpc) is 3.91. The first kappa shape index (κ1) is 47.6. The molecule has 347 valence electrons. The van der Waals surface area contributed by atoms with E-state index in [1.54, 1.807) is 6.33 Å². The van der Waals surface area contributed by atoms with Gasteiger partial charge in [0.15, 0.2) is 0 Å². The number of rotatable bonds is 7. The minimum absolute atomic E-state index is 0. The second kappa shape index (κ2) is 18.8. The van der Waals surface area contributed by atoms with E-state index in [-0.39, 0.29) is 37.4 Å². The van der Waals surface area contributed by atoms with Crippen LogP contribution < -0.4 is 5.19 Å². The molecule has 11 aromatic rings. The Hall–Kier alpha value is -6.50. The molecule has 3 heterocycles. The summed E-state index contributed by atoms with van der Waals surface area (Å²) >= 11 is 0. The van der Waals surface area contributed by atoms with Gasteiger partial charge in [-0.1, -0.05) is 163 Å². The standard InChI is InChI=1S/C48H43N2OSi.C14H15N2.Ir/c1-29(2)38-26-33(31-15-9-8-10-16-31)27-39(30(3)4)46(38)50-43-21-12-11-20-42(43)49-48(50)37-19-13-18-36-41-25-32-23-24-35-34(17-14-22-45(35)52(5,6)7)40(32)28-44(41)51-47(36)37;1-14(2,3)13-9-12(15-10-16-13)11-7-5-4-6-8-11;/h8-18,20-30H,1-7H3;4-7,9-10H,1-3H3;/q2*-1;. The van der Waals surface area contributed by atoms with Crippen molar-refractivity contribution in [3.63, 3.8) is 0 Å². The molecular formula is C62H58IrN4OSi-2. The van der Waals surface area contributed by atoms with Crippen LogP contribution in [-0.4, -0.2) is 27.6 Å². The van der Waals surface area contributed by atoms with Crippen molar-refractivity contribution >= 4 is 67.8 Å². The summed E-state index contributed by atoms with van der Waals surface area (Å²) in [4.78, 5) is 14.0. The van der Waals surface area contributed by atoms with Crippen molar-refractivity contribution in [1.29, 1.82) is 0 Å². The zero-order chi connectivity index (χ0) is 47.5. The molecule has 0 aliphatic heterocycles. The van der Waals surface area contributed by atoms with E-state index in [9.17, 15) is 0 Å². The summed E-state index contributed by atoms with van der Waals surface area (Å²) in [5.41, 5.74) is 13.9. The van der Waals surface area contributed by atoms with Gasteiger partial charge >= 0.3 is 0 Å². The monoisotopic (exact) mass is 1100 g/mol. The van der Waals surface area contributed by atoms with Crippen LogP contribution in [0, 0.1) is 12.1 Å². The van der Waals surface area contributed by atoms with Gasteiger partial charge in [-0.15, -0.1) is 54.1 Å². The van der Waals surface area contributed by atoms with E-state index in [1.807, 2.05) is 36.4 Å². The summed E-state index contributed by atoms with van der Waals surface area (Å²) < 4.78 is 9.32. The fourth-order valence-electron chi connectivity index (χ4n) is 9.65. The quantitative estimate of drug-likeness (QED) is 0.0907. The zero-order valence-corrected chi connectivity index (χ0v) is 44.6. The third-order valence-corrected chi connectivity index (χ3v) is 15.2. The maximum atomic E-state index is 6.94. The normalized spacial score (nSPS) is 12.1. The molecule has 0 atom stereocenters. The summed E-state index contributed by atoms with van der Waals surface area (Å²) in [6.45, 7) is 22.9. The second-order valence-corrected chi connectivity index (χ2v) is 25.8. The van der Waals surface area contributed by atoms with E-state index >= 15 is 0 Å². The Morgan fingerprint density at radius 2 is 1.33 bits per heavy atom. The van der Waals surface area contributed by atoms with Gasteiger partial charge in [0.25, 0.3) is 0 Å². The van der Waals surface area contributed by atoms with Crippen molar-refractivity contribution in [3.05, 3.63) is 187 Å². The molecule has 3 aromatic heterocycles. The molecule has 0 N–H and O–H groups in total. The smallest absolute Gasteiger partial charge is 0.121 e. The Morgan fingerprint density at radius 3 is 2.03 bits per heavy atom. The first-order valence-electron chi connectivity index (χ1n) is 23.9. The molecule has 0 saturated heterocycles. The van der Waals surface area contributed by atoms with Crippen LogP contribution in [0.25, 0.3) is 94.0 Å². The molecule has 0 aliphatic rings. The molecule has 69 heavy (non-hydrogen) atoms. The summed E-state index contributed by atoms with van der Waals surface area (Å²) in [7, 11) is -1.54. The van der Waals surface area contributed by atoms with Gasteiger partial charge in [0.2, 0.25) is 0 Å². The number of furan rings is 1. The topological polar surface area (TPSA) is 56.7 Å². The van der Waals surface area contributed by atoms with E-state index in [2.05, 4.69) is 210 Å². The molecule has 0 fully saturated rings. The van der Waals surface area contributed by atoms with E-state index in [4.69, 9.17) is 9.40 Å². The van der Waals surface area contributed by atoms with Crippen molar-refractivity contribution < 1.29 is 24.5 Å². The van der Waals surface area contributed by atoms with Gasteiger partial charge in [-0.2, -0.15) is 0 Å². The van der Waals surface area contributed by atoms with Crippen LogP contribution >= 0.6 is 0 Å². The average molecular weight is 1100 g/mol. The number of fused-ring (bicyclic) bond motifs is 7. The first-order chi connectivity index (χ1) is 32.7. The molecule has 0 aliphatic carbocycles. The number of hydrogen-bond donors (Lipinski definition) is 0. The summed E-state index contributed by atoms with van der Waals surface area (Å²) in [6, 6.07) is 60.8. The maximum Gasteiger partial charge on any atom is 0.121 e. The number of nitrogens with zero attached hydrogens (tertiary/aromatic N) is 4. The Labute approximate surface area is 421 Å². The molecule has 0 amide bonds. The fraction of sp³-hybridized carbons (Fsp3) is 0.210. The number of benzene rings is 8. The minimum atomic E-state index is -1.54. The van der Waals surface area contributed by atoms with Crippen LogP contribution in [0.15, 0.2) is 162 Å². The van der Waals surface area contributed by atoms with Gasteiger partial charge < -0.3 is 8.98 Å². The van der Waals surface area contributed by atoms with E-state index < -0.39 is 8.07 Å². The van der Waals surface area contributed by atoms with Gasteiger partial charge in [0.05, 0.1) is 30.5 Å². The van der Waals surface area contributed by atoms with Crippen LogP contribution in [0.5, 0.6) is 0 Å². The molecule has 8 aromatic carbocycles. The van der Waals surface area contributed by atoms with Crippen molar-refractivity contribution in [1.82, 2.24) is 19.5 Å². The number of imidazole rings is 1. The third kappa shape index (κ3) is 9.00. The molecule has 11 rings (SSSR count). The molecule has 1 radical (unpaired) electrons. The molecule has 5 nitrogen and oxygen atoms in total. The summed E-state index contributed by atoms with van der Waals surface area (Å²) in [6.07, 6.45) is 1.62. The Bertz CT molecular complexity index is 3620. The van der Waals surface area contributed by atoms with E-state index in [1.165, 1.54) is 54.7 Å². The van der Waals surface area contributed by atoms with Gasteiger partial charge in [0.1, 0.15) is 11.9 Å². The Morgan fingerprint density at radius 1 is 0.609 bits per heavy atom. The van der Waals surface area contributed by atoms with E-state index in [0.29, 0.717) is 0 Å². The largest absolute Gasteiger partial charge is 0.501 e. The number of para-hydroxylation sites is 2. The Kier molecular flexibility index (Phi) is 12.9. The van der Waals surface area contributed by atoms with Crippen molar-refractivity contribution in [2.24, 2.45) is 0 Å². The van der Waals surface area contributed by atoms with Gasteiger partial charge in [-0.05, 0) is 97.7 Å². The molecule has 0 saturated carbocycles. The number of hydrogen-bond acceptors (Lipinski definition) is 4. The molecule has 0 spiro atoms. The predicted molar refractivity (Wildman–Crippen MR) is 289 cm³/mol.